The first-order valence-electron chi connectivity index (χ1n) is 9.98. The van der Waals surface area contributed by atoms with Crippen molar-refractivity contribution in [2.24, 2.45) is 0 Å². The molecule has 1 amide bonds. The van der Waals surface area contributed by atoms with Gasteiger partial charge in [-0.2, -0.15) is 5.26 Å². The van der Waals surface area contributed by atoms with Gasteiger partial charge in [0.15, 0.2) is 0 Å². The van der Waals surface area contributed by atoms with Gasteiger partial charge in [-0.25, -0.2) is 9.97 Å². The van der Waals surface area contributed by atoms with E-state index in [-0.39, 0.29) is 11.6 Å². The van der Waals surface area contributed by atoms with Crippen molar-refractivity contribution in [3.8, 4) is 6.07 Å². The summed E-state index contributed by atoms with van der Waals surface area (Å²) in [5, 5.41) is 14.9. The van der Waals surface area contributed by atoms with Gasteiger partial charge in [0.1, 0.15) is 5.69 Å². The normalized spacial score (nSPS) is 13.4. The Bertz CT molecular complexity index is 1070. The predicted octanol–water partition coefficient (Wildman–Crippen LogP) is 4.33. The summed E-state index contributed by atoms with van der Waals surface area (Å²) < 4.78 is 0. The molecule has 2 heterocycles. The summed E-state index contributed by atoms with van der Waals surface area (Å²) in [5.74, 6) is -0.0184. The van der Waals surface area contributed by atoms with Crippen LogP contribution in [0.5, 0.6) is 0 Å². The van der Waals surface area contributed by atoms with Gasteiger partial charge in [-0.05, 0) is 67.8 Å². The van der Waals surface area contributed by atoms with Crippen molar-refractivity contribution in [2.75, 3.05) is 28.6 Å². The number of carbonyl (C=O) groups excluding carboxylic acids is 1. The molecule has 7 nitrogen and oxygen atoms in total. The maximum absolute atomic E-state index is 12.5. The van der Waals surface area contributed by atoms with Crippen LogP contribution in [0.4, 0.5) is 23.0 Å². The summed E-state index contributed by atoms with van der Waals surface area (Å²) in [6.45, 7) is 2.20. The first-order valence-corrected chi connectivity index (χ1v) is 9.98. The molecule has 1 aliphatic heterocycles. The van der Waals surface area contributed by atoms with Crippen molar-refractivity contribution in [1.29, 1.82) is 5.26 Å². The number of hydrogen-bond donors (Lipinski definition) is 2. The molecule has 0 bridgehead atoms. The SMILES string of the molecule is N#Cc1cccc(NC(=O)c2ccnc(Nc3ccc(N4CCCCC4)cc3)n2)c1. The highest BCUT2D eigenvalue weighted by Crippen LogP contribution is 2.23. The third-order valence-corrected chi connectivity index (χ3v) is 4.98. The zero-order chi connectivity index (χ0) is 20.8. The van der Waals surface area contributed by atoms with Gasteiger partial charge < -0.3 is 15.5 Å². The number of carbonyl (C=O) groups is 1. The molecule has 4 rings (SSSR count). The van der Waals surface area contributed by atoms with Crippen LogP contribution in [0, 0.1) is 11.3 Å². The van der Waals surface area contributed by atoms with Gasteiger partial charge >= 0.3 is 0 Å². The Balaban J connectivity index is 1.42. The number of nitrogens with one attached hydrogen (secondary N) is 2. The van der Waals surface area contributed by atoms with Crippen LogP contribution in [0.25, 0.3) is 0 Å². The van der Waals surface area contributed by atoms with Crippen molar-refractivity contribution >= 4 is 28.9 Å². The molecule has 3 aromatic rings. The molecule has 0 unspecified atom stereocenters. The maximum atomic E-state index is 12.5. The highest BCUT2D eigenvalue weighted by Gasteiger charge is 2.12. The summed E-state index contributed by atoms with van der Waals surface area (Å²) in [6.07, 6.45) is 5.33. The van der Waals surface area contributed by atoms with Gasteiger partial charge in [-0.3, -0.25) is 4.79 Å². The molecular weight excluding hydrogens is 376 g/mol. The largest absolute Gasteiger partial charge is 0.372 e. The first kappa shape index (κ1) is 19.4. The molecule has 0 spiro atoms. The van der Waals surface area contributed by atoms with Crippen LogP contribution < -0.4 is 15.5 Å². The molecule has 2 N–H and O–H groups in total. The Labute approximate surface area is 175 Å². The summed E-state index contributed by atoms with van der Waals surface area (Å²) in [7, 11) is 0. The lowest BCUT2D eigenvalue weighted by atomic mass is 10.1. The number of rotatable bonds is 5. The fourth-order valence-electron chi connectivity index (χ4n) is 3.44. The van der Waals surface area contributed by atoms with Gasteiger partial charge in [-0.15, -0.1) is 0 Å². The minimum Gasteiger partial charge on any atom is -0.372 e. The lowest BCUT2D eigenvalue weighted by molar-refractivity contribution is 0.102. The van der Waals surface area contributed by atoms with Gasteiger partial charge in [-0.1, -0.05) is 6.07 Å². The average Bonchev–Trinajstić information content (AvgIpc) is 2.80. The molecule has 1 fully saturated rings. The van der Waals surface area contributed by atoms with Crippen molar-refractivity contribution in [2.45, 2.75) is 19.3 Å². The quantitative estimate of drug-likeness (QED) is 0.664. The lowest BCUT2D eigenvalue weighted by Gasteiger charge is -2.28. The van der Waals surface area contributed by atoms with E-state index >= 15 is 0 Å². The first-order chi connectivity index (χ1) is 14.7. The third-order valence-electron chi connectivity index (χ3n) is 4.98. The molecule has 2 aromatic carbocycles. The van der Waals surface area contributed by atoms with Crippen molar-refractivity contribution in [3.05, 3.63) is 72.1 Å². The second-order valence-corrected chi connectivity index (χ2v) is 7.13. The highest BCUT2D eigenvalue weighted by atomic mass is 16.1. The van der Waals surface area contributed by atoms with E-state index in [1.54, 1.807) is 30.3 Å². The van der Waals surface area contributed by atoms with Crippen molar-refractivity contribution in [1.82, 2.24) is 9.97 Å². The molecule has 150 valence electrons. The molecule has 0 aliphatic carbocycles. The van der Waals surface area contributed by atoms with Gasteiger partial charge in [0, 0.05) is 36.3 Å². The fraction of sp³-hybridized carbons (Fsp3) is 0.217. The minimum absolute atomic E-state index is 0.236. The van der Waals surface area contributed by atoms with Gasteiger partial charge in [0.25, 0.3) is 5.91 Å². The number of amides is 1. The Morgan fingerprint density at radius 3 is 2.57 bits per heavy atom. The number of nitrogens with zero attached hydrogens (tertiary/aromatic N) is 4. The van der Waals surface area contributed by atoms with E-state index in [2.05, 4.69) is 43.7 Å². The van der Waals surface area contributed by atoms with Crippen molar-refractivity contribution < 1.29 is 4.79 Å². The number of nitriles is 1. The number of piperidine rings is 1. The van der Waals surface area contributed by atoms with E-state index in [4.69, 9.17) is 5.26 Å². The Morgan fingerprint density at radius 1 is 1.00 bits per heavy atom. The standard InChI is InChI=1S/C23H22N6O/c24-16-17-5-4-6-19(15-17)26-22(30)21-11-12-25-23(28-21)27-18-7-9-20(10-8-18)29-13-2-1-3-14-29/h4-12,15H,1-3,13-14H2,(H,26,30)(H,25,27,28). The van der Waals surface area contributed by atoms with Crippen LogP contribution in [0.3, 0.4) is 0 Å². The zero-order valence-electron chi connectivity index (χ0n) is 16.5. The Kier molecular flexibility index (Phi) is 5.85. The monoisotopic (exact) mass is 398 g/mol. The molecule has 30 heavy (non-hydrogen) atoms. The van der Waals surface area contributed by atoms with Crippen LogP contribution in [-0.4, -0.2) is 29.0 Å². The molecular formula is C23H22N6O. The van der Waals surface area contributed by atoms with E-state index in [0.717, 1.165) is 18.8 Å². The second kappa shape index (κ2) is 9.05. The Morgan fingerprint density at radius 2 is 1.80 bits per heavy atom. The summed E-state index contributed by atoms with van der Waals surface area (Å²) in [5.41, 5.74) is 3.33. The number of benzene rings is 2. The number of aromatic nitrogens is 2. The predicted molar refractivity (Wildman–Crippen MR) is 117 cm³/mol. The molecule has 0 radical (unpaired) electrons. The zero-order valence-corrected chi connectivity index (χ0v) is 16.5. The third kappa shape index (κ3) is 4.73. The highest BCUT2D eigenvalue weighted by molar-refractivity contribution is 6.03. The molecule has 0 saturated carbocycles. The summed E-state index contributed by atoms with van der Waals surface area (Å²) >= 11 is 0. The van der Waals surface area contributed by atoms with Crippen LogP contribution in [0.2, 0.25) is 0 Å². The van der Waals surface area contributed by atoms with Crippen molar-refractivity contribution in [3.63, 3.8) is 0 Å². The van der Waals surface area contributed by atoms with Crippen LogP contribution in [0.15, 0.2) is 60.8 Å². The molecule has 1 saturated heterocycles. The van der Waals surface area contributed by atoms with Gasteiger partial charge in [0.05, 0.1) is 11.6 Å². The fourth-order valence-corrected chi connectivity index (χ4v) is 3.44. The smallest absolute Gasteiger partial charge is 0.274 e. The Hall–Kier alpha value is -3.92. The van der Waals surface area contributed by atoms with Crippen LogP contribution in [0.1, 0.15) is 35.3 Å². The molecule has 1 aromatic heterocycles. The topological polar surface area (TPSA) is 93.9 Å². The van der Waals surface area contributed by atoms with E-state index in [1.807, 2.05) is 12.1 Å². The number of hydrogen-bond acceptors (Lipinski definition) is 6. The van der Waals surface area contributed by atoms with E-state index < -0.39 is 0 Å². The van der Waals surface area contributed by atoms with Crippen LogP contribution >= 0.6 is 0 Å². The minimum atomic E-state index is -0.365. The average molecular weight is 398 g/mol. The number of anilines is 4. The van der Waals surface area contributed by atoms with Crippen LogP contribution in [-0.2, 0) is 0 Å². The lowest BCUT2D eigenvalue weighted by Crippen LogP contribution is -2.29. The van der Waals surface area contributed by atoms with E-state index in [0.29, 0.717) is 17.2 Å². The molecule has 1 aliphatic rings. The summed E-state index contributed by atoms with van der Waals surface area (Å²) in [6, 6.07) is 18.5. The van der Waals surface area contributed by atoms with Gasteiger partial charge in [0.2, 0.25) is 5.95 Å². The molecule has 7 heteroatoms. The molecule has 0 atom stereocenters. The second-order valence-electron chi connectivity index (χ2n) is 7.13. The summed E-state index contributed by atoms with van der Waals surface area (Å²) in [4.78, 5) is 23.4. The maximum Gasteiger partial charge on any atom is 0.274 e. The van der Waals surface area contributed by atoms with E-state index in [1.165, 1.54) is 31.1 Å². The van der Waals surface area contributed by atoms with E-state index in [9.17, 15) is 4.79 Å².